The van der Waals surface area contributed by atoms with Crippen molar-refractivity contribution in [3.8, 4) is 0 Å². The van der Waals surface area contributed by atoms with Crippen LogP contribution < -0.4 is 5.46 Å². The Morgan fingerprint density at radius 3 is 1.86 bits per heavy atom. The van der Waals surface area contributed by atoms with Crippen LogP contribution in [0.15, 0.2) is 30.3 Å². The third-order valence-electron chi connectivity index (χ3n) is 2.52. The smallest absolute Gasteiger partial charge is 0.423 e. The molecule has 4 unspecified atom stereocenters. The van der Waals surface area contributed by atoms with Crippen LogP contribution in [0.1, 0.15) is 0 Å². The topological polar surface area (TPSA) is 159 Å². The van der Waals surface area contributed by atoms with Crippen molar-refractivity contribution in [2.75, 3.05) is 6.61 Å². The van der Waals surface area contributed by atoms with Crippen LogP contribution in [-0.2, 0) is 4.79 Å². The molecule has 1 aromatic carbocycles. The normalized spacial score (nSPS) is 16.0. The molecule has 7 N–H and O–H groups in total. The highest BCUT2D eigenvalue weighted by atomic mass is 16.4. The maximum atomic E-state index is 9.90. The molecule has 0 fully saturated rings. The van der Waals surface area contributed by atoms with Crippen LogP contribution in [0, 0.1) is 0 Å². The second kappa shape index (κ2) is 10.4. The minimum Gasteiger partial charge on any atom is -0.423 e. The van der Waals surface area contributed by atoms with Gasteiger partial charge in [0.1, 0.15) is 24.4 Å². The Labute approximate surface area is 121 Å². The average Bonchev–Trinajstić information content (AvgIpc) is 2.53. The van der Waals surface area contributed by atoms with Gasteiger partial charge >= 0.3 is 7.12 Å². The maximum absolute atomic E-state index is 9.90. The van der Waals surface area contributed by atoms with E-state index in [1.165, 1.54) is 0 Å². The van der Waals surface area contributed by atoms with E-state index in [1.807, 2.05) is 6.07 Å². The minimum atomic E-state index is -1.79. The van der Waals surface area contributed by atoms with Crippen LogP contribution in [0.5, 0.6) is 0 Å². The van der Waals surface area contributed by atoms with Crippen molar-refractivity contribution in [3.63, 3.8) is 0 Å². The van der Waals surface area contributed by atoms with Crippen molar-refractivity contribution >= 4 is 18.9 Å². The van der Waals surface area contributed by atoms with E-state index in [9.17, 15) is 4.79 Å². The van der Waals surface area contributed by atoms with Crippen LogP contribution in [0.25, 0.3) is 0 Å². The predicted octanol–water partition coefficient (Wildman–Crippen LogP) is -4.01. The van der Waals surface area contributed by atoms with Crippen molar-refractivity contribution in [3.05, 3.63) is 30.3 Å². The SMILES string of the molecule is O=CC(O)C(O)C(O)C(O)CO.OB(O)c1ccccc1. The first-order chi connectivity index (χ1) is 9.84. The van der Waals surface area contributed by atoms with E-state index in [-0.39, 0.29) is 6.29 Å². The zero-order chi connectivity index (χ0) is 16.4. The van der Waals surface area contributed by atoms with Gasteiger partial charge in [-0.3, -0.25) is 0 Å². The molecule has 0 aliphatic heterocycles. The van der Waals surface area contributed by atoms with Gasteiger partial charge < -0.3 is 40.4 Å². The van der Waals surface area contributed by atoms with Gasteiger partial charge in [0.05, 0.1) is 6.61 Å². The van der Waals surface area contributed by atoms with Gasteiger partial charge in [-0.25, -0.2) is 0 Å². The number of benzene rings is 1. The number of aliphatic hydroxyl groups excluding tert-OH is 5. The Kier molecular flexibility index (Phi) is 9.75. The van der Waals surface area contributed by atoms with Gasteiger partial charge in [-0.05, 0) is 5.46 Å². The molecule has 9 heteroatoms. The lowest BCUT2D eigenvalue weighted by atomic mass is 9.81. The molecule has 0 saturated carbocycles. The van der Waals surface area contributed by atoms with Gasteiger partial charge in [-0.1, -0.05) is 30.3 Å². The van der Waals surface area contributed by atoms with Crippen molar-refractivity contribution in [2.45, 2.75) is 24.4 Å². The molecule has 0 amide bonds. The molecule has 0 saturated heterocycles. The Morgan fingerprint density at radius 1 is 1.00 bits per heavy atom. The zero-order valence-corrected chi connectivity index (χ0v) is 11.1. The minimum absolute atomic E-state index is 0.0258. The zero-order valence-electron chi connectivity index (χ0n) is 11.1. The molecule has 1 aromatic rings. The van der Waals surface area contributed by atoms with Gasteiger partial charge in [-0.15, -0.1) is 0 Å². The highest BCUT2D eigenvalue weighted by molar-refractivity contribution is 6.58. The summed E-state index contributed by atoms with van der Waals surface area (Å²) in [6.07, 6.45) is -6.84. The number of aliphatic hydroxyl groups is 5. The molecule has 8 nitrogen and oxygen atoms in total. The molecule has 0 bridgehead atoms. The number of rotatable bonds is 6. The Morgan fingerprint density at radius 2 is 1.52 bits per heavy atom. The van der Waals surface area contributed by atoms with Crippen LogP contribution in [0.4, 0.5) is 0 Å². The average molecular weight is 302 g/mol. The summed E-state index contributed by atoms with van der Waals surface area (Å²) >= 11 is 0. The van der Waals surface area contributed by atoms with Gasteiger partial charge in [0.15, 0.2) is 6.29 Å². The molecule has 118 valence electrons. The Bertz CT molecular complexity index is 388. The summed E-state index contributed by atoms with van der Waals surface area (Å²) < 4.78 is 0. The van der Waals surface area contributed by atoms with Crippen molar-refractivity contribution in [1.82, 2.24) is 0 Å². The summed E-state index contributed by atoms with van der Waals surface area (Å²) in [6, 6.07) is 8.66. The van der Waals surface area contributed by atoms with Gasteiger partial charge in [0.25, 0.3) is 0 Å². The van der Waals surface area contributed by atoms with Crippen molar-refractivity contribution in [2.24, 2.45) is 0 Å². The molecule has 0 spiro atoms. The van der Waals surface area contributed by atoms with E-state index in [0.717, 1.165) is 0 Å². The molecule has 21 heavy (non-hydrogen) atoms. The summed E-state index contributed by atoms with van der Waals surface area (Å²) in [4.78, 5) is 9.90. The highest BCUT2D eigenvalue weighted by Gasteiger charge is 2.29. The molecule has 0 heterocycles. The van der Waals surface area contributed by atoms with E-state index in [4.69, 9.17) is 35.6 Å². The van der Waals surface area contributed by atoms with Gasteiger partial charge in [0, 0.05) is 0 Å². The lowest BCUT2D eigenvalue weighted by Crippen LogP contribution is -2.46. The number of carbonyl (C=O) groups is 1. The van der Waals surface area contributed by atoms with Gasteiger partial charge in [-0.2, -0.15) is 0 Å². The van der Waals surface area contributed by atoms with Crippen LogP contribution in [-0.4, -0.2) is 80.0 Å². The monoisotopic (exact) mass is 302 g/mol. The summed E-state index contributed by atoms with van der Waals surface area (Å²) in [5.41, 5.74) is 0.525. The van der Waals surface area contributed by atoms with E-state index in [1.54, 1.807) is 24.3 Å². The van der Waals surface area contributed by atoms with E-state index in [2.05, 4.69) is 0 Å². The second-order valence-corrected chi connectivity index (χ2v) is 4.14. The number of hydrogen-bond acceptors (Lipinski definition) is 8. The largest absolute Gasteiger partial charge is 0.488 e. The summed E-state index contributed by atoms with van der Waals surface area (Å²) in [7, 11) is -1.34. The fourth-order valence-electron chi connectivity index (χ4n) is 1.24. The molecule has 0 aliphatic rings. The quantitative estimate of drug-likeness (QED) is 0.207. The molecular weight excluding hydrogens is 283 g/mol. The van der Waals surface area contributed by atoms with Crippen LogP contribution in [0.2, 0.25) is 0 Å². The van der Waals surface area contributed by atoms with Crippen LogP contribution >= 0.6 is 0 Å². The maximum Gasteiger partial charge on any atom is 0.488 e. The number of hydrogen-bond donors (Lipinski definition) is 7. The molecule has 0 aromatic heterocycles. The van der Waals surface area contributed by atoms with Crippen molar-refractivity contribution < 1.29 is 40.4 Å². The predicted molar refractivity (Wildman–Crippen MR) is 73.4 cm³/mol. The highest BCUT2D eigenvalue weighted by Crippen LogP contribution is 2.02. The van der Waals surface area contributed by atoms with E-state index >= 15 is 0 Å². The first kappa shape index (κ1) is 19.7. The molecule has 0 aliphatic carbocycles. The third kappa shape index (κ3) is 7.30. The van der Waals surface area contributed by atoms with Gasteiger partial charge in [0.2, 0.25) is 0 Å². The van der Waals surface area contributed by atoms with Crippen LogP contribution in [0.3, 0.4) is 0 Å². The third-order valence-corrected chi connectivity index (χ3v) is 2.52. The summed E-state index contributed by atoms with van der Waals surface area (Å²) in [5.74, 6) is 0. The Hall–Kier alpha value is -1.33. The second-order valence-electron chi connectivity index (χ2n) is 4.14. The first-order valence-electron chi connectivity index (χ1n) is 6.04. The Balaban J connectivity index is 0.000000394. The molecule has 1 rings (SSSR count). The molecule has 4 atom stereocenters. The standard InChI is InChI=1S/C6H7BO2.C6H12O6/c8-7(9)6-4-2-1-3-5-6;7-1-3(9)5(11)6(12)4(10)2-8/h1-5,8-9H;1,3-6,8-12H,2H2. The van der Waals surface area contributed by atoms with E-state index in [0.29, 0.717) is 5.46 Å². The molecular formula is C12H19BO8. The first-order valence-corrected chi connectivity index (χ1v) is 6.04. The lowest BCUT2D eigenvalue weighted by molar-refractivity contribution is -0.136. The number of carbonyl (C=O) groups excluding carboxylic acids is 1. The summed E-state index contributed by atoms with van der Waals surface area (Å²) in [5, 5.41) is 60.7. The summed E-state index contributed by atoms with van der Waals surface area (Å²) in [6.45, 7) is -0.760. The van der Waals surface area contributed by atoms with Crippen molar-refractivity contribution in [1.29, 1.82) is 0 Å². The fourth-order valence-corrected chi connectivity index (χ4v) is 1.24. The van der Waals surface area contributed by atoms with E-state index < -0.39 is 38.1 Å². The lowest BCUT2D eigenvalue weighted by Gasteiger charge is -2.22. The fraction of sp³-hybridized carbons (Fsp3) is 0.417. The molecule has 0 radical (unpaired) electrons. The number of aldehydes is 1.